The van der Waals surface area contributed by atoms with Gasteiger partial charge in [-0.05, 0) is 54.8 Å². The molecule has 0 spiro atoms. The number of nitrogens with two attached hydrogens (primary N) is 1. The summed E-state index contributed by atoms with van der Waals surface area (Å²) in [6, 6.07) is 9.96. The lowest BCUT2D eigenvalue weighted by atomic mass is 9.65. The van der Waals surface area contributed by atoms with E-state index in [0.29, 0.717) is 11.4 Å². The number of anilines is 1. The van der Waals surface area contributed by atoms with Gasteiger partial charge in [-0.3, -0.25) is 4.98 Å². The summed E-state index contributed by atoms with van der Waals surface area (Å²) in [7, 11) is 0. The van der Waals surface area contributed by atoms with Crippen molar-refractivity contribution in [1.29, 1.82) is 0 Å². The van der Waals surface area contributed by atoms with Crippen LogP contribution >= 0.6 is 0 Å². The van der Waals surface area contributed by atoms with E-state index < -0.39 is 29.4 Å². The highest BCUT2D eigenvalue weighted by molar-refractivity contribution is 5.61. The maximum absolute atomic E-state index is 14.2. The maximum Gasteiger partial charge on any atom is 0.148 e. The molecule has 1 fully saturated rings. The van der Waals surface area contributed by atoms with Crippen LogP contribution in [0.4, 0.5) is 19.0 Å². The molecule has 0 aliphatic heterocycles. The van der Waals surface area contributed by atoms with Crippen LogP contribution in [0.2, 0.25) is 0 Å². The van der Waals surface area contributed by atoms with Crippen molar-refractivity contribution in [3.05, 3.63) is 71.6 Å². The van der Waals surface area contributed by atoms with Gasteiger partial charge in [0.1, 0.15) is 29.9 Å². The van der Waals surface area contributed by atoms with E-state index in [0.717, 1.165) is 0 Å². The first-order chi connectivity index (χ1) is 14.4. The van der Waals surface area contributed by atoms with E-state index in [1.54, 1.807) is 12.1 Å². The van der Waals surface area contributed by atoms with Crippen LogP contribution < -0.4 is 11.1 Å². The van der Waals surface area contributed by atoms with Crippen LogP contribution in [0.25, 0.3) is 11.3 Å². The van der Waals surface area contributed by atoms with E-state index in [2.05, 4.69) is 20.5 Å². The van der Waals surface area contributed by atoms with E-state index in [1.165, 1.54) is 36.5 Å². The Balaban J connectivity index is 1.52. The minimum atomic E-state index is -1.23. The number of halogens is 3. The molecule has 4 N–H and O–H groups in total. The second-order valence-electron chi connectivity index (χ2n) is 7.46. The average molecular weight is 415 g/mol. The molecule has 1 atom stereocenters. The van der Waals surface area contributed by atoms with Gasteiger partial charge in [0.05, 0.1) is 11.4 Å². The number of aromatic nitrogens is 3. The summed E-state index contributed by atoms with van der Waals surface area (Å²) in [6.07, 6.45) is -0.419. The summed E-state index contributed by atoms with van der Waals surface area (Å²) in [5.74, 6) is -0.611. The zero-order chi connectivity index (χ0) is 21.3. The van der Waals surface area contributed by atoms with Crippen LogP contribution in [0.1, 0.15) is 30.3 Å². The van der Waals surface area contributed by atoms with Gasteiger partial charge in [-0.15, -0.1) is 10.2 Å². The third-order valence-corrected chi connectivity index (χ3v) is 5.37. The van der Waals surface area contributed by atoms with E-state index in [9.17, 15) is 18.3 Å². The minimum absolute atomic E-state index is 0.155. The molecule has 156 valence electrons. The molecule has 1 unspecified atom stereocenters. The number of benzene rings is 1. The number of pyridine rings is 1. The second kappa shape index (κ2) is 8.00. The number of nitrogens with one attached hydrogen (secondary N) is 1. The Bertz CT molecular complexity index is 1040. The lowest BCUT2D eigenvalue weighted by Crippen LogP contribution is -2.49. The molecule has 4 rings (SSSR count). The standard InChI is InChI=1S/C21H20F3N5O/c22-13-9-21(10-13,19-16(24)2-1-7-26-19)11-27-18-6-5-17(28-29-18)14-8-12(20(25)30)3-4-15(14)23/h1-8,13,20,30H,9-11,25H2,(H,27,29). The minimum Gasteiger partial charge on any atom is -0.375 e. The van der Waals surface area contributed by atoms with Gasteiger partial charge in [0.25, 0.3) is 0 Å². The number of nitrogens with zero attached hydrogens (tertiary/aromatic N) is 3. The molecule has 3 aromatic rings. The number of aliphatic hydroxyl groups is 1. The smallest absolute Gasteiger partial charge is 0.148 e. The molecular formula is C21H20F3N5O. The molecule has 9 heteroatoms. The largest absolute Gasteiger partial charge is 0.375 e. The molecule has 1 aliphatic carbocycles. The fourth-order valence-electron chi connectivity index (χ4n) is 3.74. The summed E-state index contributed by atoms with van der Waals surface area (Å²) in [6.45, 7) is 0.235. The van der Waals surface area contributed by atoms with E-state index >= 15 is 0 Å². The van der Waals surface area contributed by atoms with Gasteiger partial charge in [-0.1, -0.05) is 6.07 Å². The summed E-state index contributed by atoms with van der Waals surface area (Å²) in [5, 5.41) is 20.6. The Morgan fingerprint density at radius 1 is 1.13 bits per heavy atom. The van der Waals surface area contributed by atoms with Gasteiger partial charge in [0.2, 0.25) is 0 Å². The van der Waals surface area contributed by atoms with Gasteiger partial charge in [0, 0.05) is 23.7 Å². The number of hydrogen-bond acceptors (Lipinski definition) is 6. The Morgan fingerprint density at radius 2 is 1.93 bits per heavy atom. The third kappa shape index (κ3) is 3.86. The monoisotopic (exact) mass is 415 g/mol. The Morgan fingerprint density at radius 3 is 2.57 bits per heavy atom. The van der Waals surface area contributed by atoms with Crippen molar-refractivity contribution >= 4 is 5.82 Å². The van der Waals surface area contributed by atoms with Gasteiger partial charge >= 0.3 is 0 Å². The molecule has 0 amide bonds. The maximum atomic E-state index is 14.2. The SMILES string of the molecule is NC(O)c1ccc(F)c(-c2ccc(NCC3(c4ncccc4F)CC(F)C3)nn2)c1. The van der Waals surface area contributed by atoms with Gasteiger partial charge in [-0.25, -0.2) is 13.2 Å². The molecule has 0 radical (unpaired) electrons. The number of hydrogen-bond donors (Lipinski definition) is 3. The van der Waals surface area contributed by atoms with Crippen molar-refractivity contribution in [3.8, 4) is 11.3 Å². The Labute approximate surface area is 171 Å². The van der Waals surface area contributed by atoms with E-state index in [1.807, 2.05) is 0 Å². The number of aliphatic hydroxyl groups excluding tert-OH is 1. The van der Waals surface area contributed by atoms with Crippen molar-refractivity contribution in [1.82, 2.24) is 15.2 Å². The zero-order valence-corrected chi connectivity index (χ0v) is 15.9. The molecule has 2 heterocycles. The summed E-state index contributed by atoms with van der Waals surface area (Å²) < 4.78 is 42.0. The summed E-state index contributed by atoms with van der Waals surface area (Å²) in [5.41, 5.74) is 5.67. The van der Waals surface area contributed by atoms with Crippen molar-refractivity contribution in [3.63, 3.8) is 0 Å². The van der Waals surface area contributed by atoms with Gasteiger partial charge in [0.15, 0.2) is 0 Å². The molecule has 0 saturated heterocycles. The molecule has 1 aromatic carbocycles. The Hall–Kier alpha value is -3.04. The van der Waals surface area contributed by atoms with Crippen molar-refractivity contribution < 1.29 is 18.3 Å². The highest BCUT2D eigenvalue weighted by atomic mass is 19.1. The van der Waals surface area contributed by atoms with Crippen LogP contribution in [0.5, 0.6) is 0 Å². The Kier molecular flexibility index (Phi) is 5.40. The topological polar surface area (TPSA) is 97.0 Å². The molecule has 1 aliphatic rings. The van der Waals surface area contributed by atoms with Crippen molar-refractivity contribution in [2.75, 3.05) is 11.9 Å². The summed E-state index contributed by atoms with van der Waals surface area (Å²) in [4.78, 5) is 4.12. The average Bonchev–Trinajstić information content (AvgIpc) is 2.71. The second-order valence-corrected chi connectivity index (χ2v) is 7.46. The molecule has 0 bridgehead atoms. The van der Waals surface area contributed by atoms with Crippen LogP contribution in [0, 0.1) is 11.6 Å². The van der Waals surface area contributed by atoms with Crippen LogP contribution in [0.15, 0.2) is 48.7 Å². The lowest BCUT2D eigenvalue weighted by molar-refractivity contribution is 0.0964. The van der Waals surface area contributed by atoms with Crippen LogP contribution in [0.3, 0.4) is 0 Å². The van der Waals surface area contributed by atoms with Crippen molar-refractivity contribution in [2.24, 2.45) is 5.73 Å². The summed E-state index contributed by atoms with van der Waals surface area (Å²) >= 11 is 0. The molecular weight excluding hydrogens is 395 g/mol. The van der Waals surface area contributed by atoms with Crippen LogP contribution in [-0.4, -0.2) is 33.0 Å². The first kappa shape index (κ1) is 20.2. The first-order valence-corrected chi connectivity index (χ1v) is 9.44. The van der Waals surface area contributed by atoms with Gasteiger partial charge in [-0.2, -0.15) is 0 Å². The first-order valence-electron chi connectivity index (χ1n) is 9.44. The van der Waals surface area contributed by atoms with E-state index in [4.69, 9.17) is 5.73 Å². The number of alkyl halides is 1. The fraction of sp³-hybridized carbons (Fsp3) is 0.286. The van der Waals surface area contributed by atoms with Crippen LogP contribution in [-0.2, 0) is 5.41 Å². The highest BCUT2D eigenvalue weighted by Gasteiger charge is 2.48. The highest BCUT2D eigenvalue weighted by Crippen LogP contribution is 2.45. The normalized spacial score (nSPS) is 21.7. The molecule has 2 aromatic heterocycles. The molecule has 30 heavy (non-hydrogen) atoms. The fourth-order valence-corrected chi connectivity index (χ4v) is 3.74. The number of rotatable bonds is 6. The molecule has 1 saturated carbocycles. The van der Waals surface area contributed by atoms with E-state index in [-0.39, 0.29) is 36.3 Å². The van der Waals surface area contributed by atoms with Crippen molar-refractivity contribution in [2.45, 2.75) is 30.7 Å². The zero-order valence-electron chi connectivity index (χ0n) is 15.9. The predicted molar refractivity (Wildman–Crippen MR) is 105 cm³/mol. The lowest BCUT2D eigenvalue weighted by Gasteiger charge is -2.44. The molecule has 6 nitrogen and oxygen atoms in total. The predicted octanol–water partition coefficient (Wildman–Crippen LogP) is 3.25. The quantitative estimate of drug-likeness (QED) is 0.535. The van der Waals surface area contributed by atoms with Gasteiger partial charge < -0.3 is 16.2 Å². The third-order valence-electron chi connectivity index (χ3n) is 5.37.